The summed E-state index contributed by atoms with van der Waals surface area (Å²) in [5.41, 5.74) is 9.13. The molecular weight excluding hydrogens is 312 g/mol. The van der Waals surface area contributed by atoms with Crippen molar-refractivity contribution in [2.75, 3.05) is 10.7 Å². The van der Waals surface area contributed by atoms with Crippen molar-refractivity contribution in [1.29, 1.82) is 5.41 Å². The normalized spacial score (nSPS) is 15.4. The number of hydrogen-bond donors (Lipinski definition) is 3. The Morgan fingerprint density at radius 1 is 1.00 bits per heavy atom. The minimum Gasteiger partial charge on any atom is -0.349 e. The monoisotopic (exact) mass is 332 g/mol. The zero-order chi connectivity index (χ0) is 17.6. The van der Waals surface area contributed by atoms with Crippen LogP contribution in [0.4, 0.5) is 5.82 Å². The Labute approximate surface area is 146 Å². The third-order valence-corrected chi connectivity index (χ3v) is 4.22. The number of nitrogens with one attached hydrogen (secondary N) is 3. The molecule has 0 saturated carbocycles. The Balaban J connectivity index is 2.07. The van der Waals surface area contributed by atoms with E-state index in [4.69, 9.17) is 5.41 Å². The van der Waals surface area contributed by atoms with Gasteiger partial charge in [-0.05, 0) is 38.5 Å². The van der Waals surface area contributed by atoms with E-state index in [0.29, 0.717) is 0 Å². The maximum absolute atomic E-state index is 8.31. The molecule has 1 aromatic carbocycles. The first-order chi connectivity index (χ1) is 12.0. The van der Waals surface area contributed by atoms with E-state index >= 15 is 0 Å². The van der Waals surface area contributed by atoms with E-state index in [1.807, 2.05) is 51.1 Å². The van der Waals surface area contributed by atoms with Crippen molar-refractivity contribution in [3.05, 3.63) is 59.5 Å². The number of anilines is 1. The molecule has 0 bridgehead atoms. The predicted molar refractivity (Wildman–Crippen MR) is 98.7 cm³/mol. The molecule has 1 aliphatic rings. The van der Waals surface area contributed by atoms with Gasteiger partial charge < -0.3 is 5.32 Å². The molecule has 3 heterocycles. The number of benzene rings is 1. The summed E-state index contributed by atoms with van der Waals surface area (Å²) in [5, 5.41) is 11.7. The lowest BCUT2D eigenvalue weighted by atomic mass is 9.99. The summed E-state index contributed by atoms with van der Waals surface area (Å²) in [6, 6.07) is 14.1. The van der Waals surface area contributed by atoms with E-state index in [1.54, 1.807) is 4.68 Å². The maximum atomic E-state index is 8.31. The van der Waals surface area contributed by atoms with Gasteiger partial charge in [-0.15, -0.1) is 0 Å². The largest absolute Gasteiger partial charge is 0.349 e. The third kappa shape index (κ3) is 2.65. The summed E-state index contributed by atoms with van der Waals surface area (Å²) in [4.78, 5) is 9.08. The van der Waals surface area contributed by atoms with Gasteiger partial charge in [-0.25, -0.2) is 9.66 Å². The molecule has 6 heteroatoms. The predicted octanol–water partition coefficient (Wildman–Crippen LogP) is 3.02. The molecule has 3 N–H and O–H groups in total. The zero-order valence-corrected chi connectivity index (χ0v) is 14.5. The zero-order valence-electron chi connectivity index (χ0n) is 14.5. The van der Waals surface area contributed by atoms with Crippen LogP contribution in [0.15, 0.2) is 42.5 Å². The van der Waals surface area contributed by atoms with Gasteiger partial charge in [-0.3, -0.25) is 15.8 Å². The van der Waals surface area contributed by atoms with Gasteiger partial charge in [0.1, 0.15) is 12.0 Å². The van der Waals surface area contributed by atoms with Crippen molar-refractivity contribution in [1.82, 2.24) is 14.6 Å². The number of rotatable bonds is 2. The number of aromatic nitrogens is 3. The van der Waals surface area contributed by atoms with E-state index in [2.05, 4.69) is 32.8 Å². The molecule has 1 aliphatic heterocycles. The van der Waals surface area contributed by atoms with Crippen LogP contribution in [0, 0.1) is 19.3 Å². The topological polar surface area (TPSA) is 78.6 Å². The molecule has 2 aromatic heterocycles. The van der Waals surface area contributed by atoms with Crippen LogP contribution in [-0.4, -0.2) is 20.8 Å². The SMILES string of the molecule is Cc1cc(-c2c(-c3ccccc3)nc(=N)n3c2NC(C)N3)cc(C)n1. The first kappa shape index (κ1) is 15.4. The molecule has 25 heavy (non-hydrogen) atoms. The van der Waals surface area contributed by atoms with Crippen molar-refractivity contribution in [2.45, 2.75) is 26.9 Å². The number of nitrogens with zero attached hydrogens (tertiary/aromatic N) is 3. The molecule has 0 radical (unpaired) electrons. The van der Waals surface area contributed by atoms with Crippen LogP contribution in [0.3, 0.4) is 0 Å². The lowest BCUT2D eigenvalue weighted by Crippen LogP contribution is -2.30. The quantitative estimate of drug-likeness (QED) is 0.674. The van der Waals surface area contributed by atoms with E-state index in [1.165, 1.54) is 0 Å². The molecule has 126 valence electrons. The van der Waals surface area contributed by atoms with E-state index in [9.17, 15) is 0 Å². The molecular formula is C19H20N6. The van der Waals surface area contributed by atoms with Gasteiger partial charge in [0.25, 0.3) is 0 Å². The van der Waals surface area contributed by atoms with Gasteiger partial charge >= 0.3 is 0 Å². The minimum atomic E-state index is 0.0275. The number of hydrogen-bond acceptors (Lipinski definition) is 5. The molecule has 1 atom stereocenters. The van der Waals surface area contributed by atoms with Crippen molar-refractivity contribution < 1.29 is 0 Å². The van der Waals surface area contributed by atoms with Gasteiger partial charge in [0.15, 0.2) is 0 Å². The first-order valence-electron chi connectivity index (χ1n) is 8.29. The molecule has 0 amide bonds. The fraction of sp³-hybridized carbons (Fsp3) is 0.211. The second-order valence-corrected chi connectivity index (χ2v) is 6.34. The Kier molecular flexibility index (Phi) is 3.53. The van der Waals surface area contributed by atoms with Gasteiger partial charge in [-0.2, -0.15) is 0 Å². The van der Waals surface area contributed by atoms with E-state index in [0.717, 1.165) is 39.6 Å². The Morgan fingerprint density at radius 3 is 2.36 bits per heavy atom. The molecule has 0 aliphatic carbocycles. The van der Waals surface area contributed by atoms with Crippen LogP contribution < -0.4 is 16.4 Å². The third-order valence-electron chi connectivity index (χ3n) is 4.22. The molecule has 0 fully saturated rings. The highest BCUT2D eigenvalue weighted by atomic mass is 15.6. The molecule has 0 spiro atoms. The van der Waals surface area contributed by atoms with Gasteiger partial charge in [0.2, 0.25) is 5.62 Å². The van der Waals surface area contributed by atoms with Crippen LogP contribution in [0.5, 0.6) is 0 Å². The average Bonchev–Trinajstić information content (AvgIpc) is 2.96. The highest BCUT2D eigenvalue weighted by Crippen LogP contribution is 2.37. The Morgan fingerprint density at radius 2 is 1.68 bits per heavy atom. The molecule has 6 nitrogen and oxygen atoms in total. The summed E-state index contributed by atoms with van der Waals surface area (Å²) in [5.74, 6) is 0.858. The summed E-state index contributed by atoms with van der Waals surface area (Å²) < 4.78 is 1.71. The molecule has 1 unspecified atom stereocenters. The average molecular weight is 332 g/mol. The summed E-state index contributed by atoms with van der Waals surface area (Å²) in [6.07, 6.45) is 0.0275. The maximum Gasteiger partial charge on any atom is 0.243 e. The lowest BCUT2D eigenvalue weighted by Gasteiger charge is -2.15. The van der Waals surface area contributed by atoms with Gasteiger partial charge in [0.05, 0.1) is 11.3 Å². The number of fused-ring (bicyclic) bond motifs is 1. The number of pyridine rings is 1. The fourth-order valence-electron chi connectivity index (χ4n) is 3.29. The summed E-state index contributed by atoms with van der Waals surface area (Å²) >= 11 is 0. The second-order valence-electron chi connectivity index (χ2n) is 6.34. The Bertz CT molecular complexity index is 986. The van der Waals surface area contributed by atoms with Crippen molar-refractivity contribution in [2.24, 2.45) is 0 Å². The van der Waals surface area contributed by atoms with Crippen molar-refractivity contribution in [3.8, 4) is 22.4 Å². The fourth-order valence-corrected chi connectivity index (χ4v) is 3.29. The van der Waals surface area contributed by atoms with Gasteiger partial charge in [0, 0.05) is 17.0 Å². The molecule has 3 aromatic rings. The molecule has 4 rings (SSSR count). The van der Waals surface area contributed by atoms with E-state index < -0.39 is 0 Å². The van der Waals surface area contributed by atoms with Crippen LogP contribution in [-0.2, 0) is 0 Å². The smallest absolute Gasteiger partial charge is 0.243 e. The highest BCUT2D eigenvalue weighted by Gasteiger charge is 2.25. The van der Waals surface area contributed by atoms with Crippen molar-refractivity contribution >= 4 is 5.82 Å². The molecule has 0 saturated heterocycles. The lowest BCUT2D eigenvalue weighted by molar-refractivity contribution is 0.760. The standard InChI is InChI=1S/C19H20N6/c1-11-9-15(10-12(2)21-11)16-17(14-7-5-4-6-8-14)23-19(20)25-18(16)22-13(3)24-25/h4-10,13,20,22,24H,1-3H3. The first-order valence-corrected chi connectivity index (χ1v) is 8.29. The van der Waals surface area contributed by atoms with Crippen LogP contribution in [0.2, 0.25) is 0 Å². The number of aryl methyl sites for hydroxylation is 2. The summed E-state index contributed by atoms with van der Waals surface area (Å²) in [6.45, 7) is 6.00. The van der Waals surface area contributed by atoms with Crippen LogP contribution >= 0.6 is 0 Å². The summed E-state index contributed by atoms with van der Waals surface area (Å²) in [7, 11) is 0. The van der Waals surface area contributed by atoms with E-state index in [-0.39, 0.29) is 11.8 Å². The Hall–Kier alpha value is -3.15. The van der Waals surface area contributed by atoms with Crippen molar-refractivity contribution in [3.63, 3.8) is 0 Å². The highest BCUT2D eigenvalue weighted by molar-refractivity contribution is 5.89. The minimum absolute atomic E-state index is 0.0275. The van der Waals surface area contributed by atoms with Crippen LogP contribution in [0.25, 0.3) is 22.4 Å². The second kappa shape index (κ2) is 5.73. The van der Waals surface area contributed by atoms with Crippen LogP contribution in [0.1, 0.15) is 18.3 Å². The van der Waals surface area contributed by atoms with Gasteiger partial charge in [-0.1, -0.05) is 30.3 Å².